The first-order valence-corrected chi connectivity index (χ1v) is 10.1. The normalized spacial score (nSPS) is 11.5. The van der Waals surface area contributed by atoms with Gasteiger partial charge in [-0.3, -0.25) is 9.36 Å². The van der Waals surface area contributed by atoms with Gasteiger partial charge in [0.1, 0.15) is 18.9 Å². The summed E-state index contributed by atoms with van der Waals surface area (Å²) in [5, 5.41) is 3.31. The zero-order valence-electron chi connectivity index (χ0n) is 17.7. The number of aldehydes is 1. The largest absolute Gasteiger partial charge is 0.467 e. The lowest BCUT2D eigenvalue weighted by atomic mass is 10.1. The van der Waals surface area contributed by atoms with Crippen molar-refractivity contribution in [2.24, 2.45) is 0 Å². The molecule has 1 aromatic heterocycles. The van der Waals surface area contributed by atoms with E-state index in [0.717, 1.165) is 10.9 Å². The van der Waals surface area contributed by atoms with E-state index in [1.54, 1.807) is 18.3 Å². The van der Waals surface area contributed by atoms with Crippen LogP contribution < -0.4 is 5.32 Å². The molecule has 1 amide bonds. The summed E-state index contributed by atoms with van der Waals surface area (Å²) in [6.45, 7) is 0.0606. The third-order valence-electron chi connectivity index (χ3n) is 4.95. The molecule has 0 radical (unpaired) electrons. The van der Waals surface area contributed by atoms with Gasteiger partial charge in [0.2, 0.25) is 5.91 Å². The molecule has 32 heavy (non-hydrogen) atoms. The highest BCUT2D eigenvalue weighted by Crippen LogP contribution is 2.23. The van der Waals surface area contributed by atoms with Gasteiger partial charge in [-0.15, -0.1) is 0 Å². The lowest BCUT2D eigenvalue weighted by Gasteiger charge is -2.16. The van der Waals surface area contributed by atoms with Gasteiger partial charge in [-0.1, -0.05) is 48.5 Å². The van der Waals surface area contributed by atoms with Crippen molar-refractivity contribution >= 4 is 35.2 Å². The van der Waals surface area contributed by atoms with Crippen LogP contribution in [-0.4, -0.2) is 42.0 Å². The molecule has 0 spiro atoms. The molecule has 1 atom stereocenters. The Morgan fingerprint density at radius 2 is 1.78 bits per heavy atom. The molecular weight excluding hydrogens is 412 g/mol. The van der Waals surface area contributed by atoms with Crippen molar-refractivity contribution in [2.45, 2.75) is 31.9 Å². The van der Waals surface area contributed by atoms with Crippen molar-refractivity contribution in [3.05, 3.63) is 71.9 Å². The van der Waals surface area contributed by atoms with Gasteiger partial charge in [-0.2, -0.15) is 0 Å². The van der Waals surface area contributed by atoms with Gasteiger partial charge in [-0.25, -0.2) is 9.59 Å². The number of esters is 1. The van der Waals surface area contributed by atoms with Crippen LogP contribution in [0.3, 0.4) is 0 Å². The highest BCUT2D eigenvalue weighted by atomic mass is 16.6. The van der Waals surface area contributed by atoms with E-state index in [0.29, 0.717) is 17.4 Å². The molecule has 0 aliphatic heterocycles. The fourth-order valence-electron chi connectivity index (χ4n) is 3.38. The Kier molecular flexibility index (Phi) is 7.75. The lowest BCUT2D eigenvalue weighted by molar-refractivity contribution is -0.143. The number of alkyl carbamates (subject to hydrolysis) is 1. The molecule has 166 valence electrons. The third kappa shape index (κ3) is 5.60. The molecular formula is C24H24N2O6. The van der Waals surface area contributed by atoms with E-state index in [9.17, 15) is 19.2 Å². The van der Waals surface area contributed by atoms with Crippen molar-refractivity contribution in [3.63, 3.8) is 0 Å². The zero-order chi connectivity index (χ0) is 22.9. The number of ether oxygens (including phenoxy) is 2. The van der Waals surface area contributed by atoms with Crippen LogP contribution in [0.25, 0.3) is 10.9 Å². The minimum atomic E-state index is -1.01. The van der Waals surface area contributed by atoms with Crippen molar-refractivity contribution in [1.29, 1.82) is 0 Å². The lowest BCUT2D eigenvalue weighted by Crippen LogP contribution is -2.43. The maximum atomic E-state index is 12.5. The van der Waals surface area contributed by atoms with Crippen LogP contribution in [0.4, 0.5) is 4.79 Å². The van der Waals surface area contributed by atoms with Crippen molar-refractivity contribution in [3.8, 4) is 0 Å². The molecule has 8 heteroatoms. The van der Waals surface area contributed by atoms with Gasteiger partial charge in [0, 0.05) is 30.8 Å². The fourth-order valence-corrected chi connectivity index (χ4v) is 3.38. The van der Waals surface area contributed by atoms with Crippen molar-refractivity contribution in [1.82, 2.24) is 9.88 Å². The standard InChI is InChI=1S/C24H24N2O6/c1-31-23(29)20(25-24(30)32-16-17-8-3-2-4-9-17)14-18-15-26(22(28)12-7-13-27)21-11-6-5-10-19(18)21/h2-6,8-11,13,15,20H,7,12,14,16H2,1H3,(H,25,30)/t20-/m0/s1. The van der Waals surface area contributed by atoms with E-state index in [1.165, 1.54) is 11.7 Å². The van der Waals surface area contributed by atoms with E-state index in [1.807, 2.05) is 42.5 Å². The number of benzene rings is 2. The number of carbonyl (C=O) groups is 4. The fraction of sp³-hybridized carbons (Fsp3) is 0.250. The Hall–Kier alpha value is -3.94. The molecule has 2 aromatic carbocycles. The van der Waals surface area contributed by atoms with Crippen molar-refractivity contribution < 1.29 is 28.7 Å². The summed E-state index contributed by atoms with van der Waals surface area (Å²) in [5.74, 6) is -0.866. The summed E-state index contributed by atoms with van der Waals surface area (Å²) in [7, 11) is 1.23. The molecule has 1 N–H and O–H groups in total. The molecule has 0 fully saturated rings. The first-order chi connectivity index (χ1) is 15.5. The van der Waals surface area contributed by atoms with Gasteiger partial charge in [0.15, 0.2) is 0 Å². The molecule has 0 saturated heterocycles. The van der Waals surface area contributed by atoms with Crippen LogP contribution in [0.5, 0.6) is 0 Å². The Morgan fingerprint density at radius 1 is 1.06 bits per heavy atom. The predicted octanol–water partition coefficient (Wildman–Crippen LogP) is 3.27. The van der Waals surface area contributed by atoms with Crippen molar-refractivity contribution in [2.75, 3.05) is 7.11 Å². The third-order valence-corrected chi connectivity index (χ3v) is 4.95. The summed E-state index contributed by atoms with van der Waals surface area (Å²) in [6, 6.07) is 15.4. The number of fused-ring (bicyclic) bond motifs is 1. The number of nitrogens with one attached hydrogen (secondary N) is 1. The Bertz CT molecular complexity index is 1110. The van der Waals surface area contributed by atoms with Crippen LogP contribution in [0.1, 0.15) is 28.8 Å². The number of rotatable bonds is 9. The molecule has 0 saturated carbocycles. The summed E-state index contributed by atoms with van der Waals surface area (Å²) in [4.78, 5) is 47.8. The number of methoxy groups -OCH3 is 1. The smallest absolute Gasteiger partial charge is 0.408 e. The van der Waals surface area contributed by atoms with Gasteiger partial charge in [0.05, 0.1) is 12.6 Å². The quantitative estimate of drug-likeness (QED) is 0.408. The zero-order valence-corrected chi connectivity index (χ0v) is 17.7. The van der Waals surface area contributed by atoms with E-state index >= 15 is 0 Å². The Morgan fingerprint density at radius 3 is 2.50 bits per heavy atom. The van der Waals surface area contributed by atoms with E-state index in [-0.39, 0.29) is 31.8 Å². The first-order valence-electron chi connectivity index (χ1n) is 10.1. The van der Waals surface area contributed by atoms with Gasteiger partial charge in [-0.05, 0) is 17.2 Å². The molecule has 3 aromatic rings. The maximum absolute atomic E-state index is 12.5. The number of carbonyl (C=O) groups excluding carboxylic acids is 4. The number of nitrogens with zero attached hydrogens (tertiary/aromatic N) is 1. The van der Waals surface area contributed by atoms with E-state index < -0.39 is 18.1 Å². The molecule has 1 heterocycles. The van der Waals surface area contributed by atoms with Crippen LogP contribution in [0.2, 0.25) is 0 Å². The SMILES string of the molecule is COC(=O)[C@H](Cc1cn(C(=O)CCC=O)c2ccccc12)NC(=O)OCc1ccccc1. The topological polar surface area (TPSA) is 104 Å². The number of hydrogen-bond acceptors (Lipinski definition) is 6. The summed E-state index contributed by atoms with van der Waals surface area (Å²) < 4.78 is 11.5. The summed E-state index contributed by atoms with van der Waals surface area (Å²) in [6.07, 6.45) is 1.87. The second-order valence-corrected chi connectivity index (χ2v) is 7.13. The summed E-state index contributed by atoms with van der Waals surface area (Å²) in [5.41, 5.74) is 2.15. The highest BCUT2D eigenvalue weighted by molar-refractivity contribution is 5.95. The molecule has 0 aliphatic carbocycles. The number of hydrogen-bond donors (Lipinski definition) is 1. The van der Waals surface area contributed by atoms with Crippen LogP contribution in [-0.2, 0) is 32.1 Å². The minimum Gasteiger partial charge on any atom is -0.467 e. The molecule has 0 aliphatic rings. The van der Waals surface area contributed by atoms with Crippen LogP contribution >= 0.6 is 0 Å². The van der Waals surface area contributed by atoms with Gasteiger partial charge < -0.3 is 19.6 Å². The van der Waals surface area contributed by atoms with E-state index in [4.69, 9.17) is 9.47 Å². The number of aromatic nitrogens is 1. The van der Waals surface area contributed by atoms with E-state index in [2.05, 4.69) is 5.32 Å². The monoisotopic (exact) mass is 436 g/mol. The first kappa shape index (κ1) is 22.7. The second kappa shape index (κ2) is 10.9. The highest BCUT2D eigenvalue weighted by Gasteiger charge is 2.25. The average Bonchev–Trinajstić information content (AvgIpc) is 3.19. The van der Waals surface area contributed by atoms with Gasteiger partial charge >= 0.3 is 12.1 Å². The second-order valence-electron chi connectivity index (χ2n) is 7.13. The Labute approximate surface area is 185 Å². The predicted molar refractivity (Wildman–Crippen MR) is 117 cm³/mol. The minimum absolute atomic E-state index is 0.0606. The number of para-hydroxylation sites is 1. The average molecular weight is 436 g/mol. The van der Waals surface area contributed by atoms with Crippen LogP contribution in [0, 0.1) is 0 Å². The molecule has 0 unspecified atom stereocenters. The summed E-state index contributed by atoms with van der Waals surface area (Å²) >= 11 is 0. The van der Waals surface area contributed by atoms with Gasteiger partial charge in [0.25, 0.3) is 0 Å². The Balaban J connectivity index is 1.78. The van der Waals surface area contributed by atoms with Crippen LogP contribution in [0.15, 0.2) is 60.8 Å². The molecule has 8 nitrogen and oxygen atoms in total. The molecule has 0 bridgehead atoms. The molecule has 3 rings (SSSR count). The maximum Gasteiger partial charge on any atom is 0.408 e. The number of amides is 1.